The molecule has 0 unspecified atom stereocenters. The summed E-state index contributed by atoms with van der Waals surface area (Å²) in [4.78, 5) is 14.9. The number of rotatable bonds is 5. The Morgan fingerprint density at radius 3 is 3.00 bits per heavy atom. The molecule has 7 nitrogen and oxygen atoms in total. The van der Waals surface area contributed by atoms with Crippen molar-refractivity contribution in [1.82, 2.24) is 19.9 Å². The molecule has 3 heterocycles. The lowest BCUT2D eigenvalue weighted by Gasteiger charge is -2.32. The molecule has 28 heavy (non-hydrogen) atoms. The van der Waals surface area contributed by atoms with Crippen LogP contribution in [0.25, 0.3) is 5.65 Å². The zero-order valence-electron chi connectivity index (χ0n) is 15.6. The lowest BCUT2D eigenvalue weighted by molar-refractivity contribution is -0.125. The third-order valence-electron chi connectivity index (χ3n) is 5.07. The highest BCUT2D eigenvalue weighted by Gasteiger charge is 2.28. The number of methoxy groups -OCH3 is 1. The number of halogens is 1. The molecule has 1 saturated heterocycles. The van der Waals surface area contributed by atoms with Gasteiger partial charge in [-0.25, -0.2) is 0 Å². The van der Waals surface area contributed by atoms with Crippen LogP contribution in [0.15, 0.2) is 42.6 Å². The highest BCUT2D eigenvalue weighted by molar-refractivity contribution is 6.30. The summed E-state index contributed by atoms with van der Waals surface area (Å²) in [5, 5.41) is 12.2. The minimum absolute atomic E-state index is 0.0439. The highest BCUT2D eigenvalue weighted by Crippen LogP contribution is 2.24. The van der Waals surface area contributed by atoms with Crippen molar-refractivity contribution in [3.05, 3.63) is 53.2 Å². The molecule has 3 aromatic rings. The standard InChI is InChI=1S/C20H22ClN5O2/c1-28-17-7-3-2-5-14(17)11-22-19(27)15-6-4-10-25(12-15)20-24-23-18-9-8-16(21)13-26(18)20/h2-3,5,7-9,13,15H,4,6,10-12H2,1H3,(H,22,27)/t15-/m0/s1. The first kappa shape index (κ1) is 18.6. The summed E-state index contributed by atoms with van der Waals surface area (Å²) in [5.74, 6) is 1.44. The number of amides is 1. The van der Waals surface area contributed by atoms with Crippen molar-refractivity contribution in [3.63, 3.8) is 0 Å². The Hall–Kier alpha value is -2.80. The number of aromatic nitrogens is 3. The molecule has 1 aliphatic rings. The van der Waals surface area contributed by atoms with Crippen molar-refractivity contribution in [2.24, 2.45) is 5.92 Å². The molecule has 1 aliphatic heterocycles. The quantitative estimate of drug-likeness (QED) is 0.714. The molecule has 0 radical (unpaired) electrons. The van der Waals surface area contributed by atoms with E-state index in [0.29, 0.717) is 18.1 Å². The summed E-state index contributed by atoms with van der Waals surface area (Å²) in [7, 11) is 1.63. The molecule has 0 aliphatic carbocycles. The maximum atomic E-state index is 12.8. The van der Waals surface area contributed by atoms with Crippen molar-refractivity contribution in [2.75, 3.05) is 25.1 Å². The van der Waals surface area contributed by atoms with Crippen molar-refractivity contribution in [2.45, 2.75) is 19.4 Å². The largest absolute Gasteiger partial charge is 0.496 e. The average molecular weight is 400 g/mol. The molecule has 2 aromatic heterocycles. The number of nitrogens with zero attached hydrogens (tertiary/aromatic N) is 4. The van der Waals surface area contributed by atoms with Gasteiger partial charge in [0.1, 0.15) is 5.75 Å². The first-order valence-electron chi connectivity index (χ1n) is 9.30. The molecule has 8 heteroatoms. The third kappa shape index (κ3) is 3.75. The van der Waals surface area contributed by atoms with Crippen LogP contribution in [0, 0.1) is 5.92 Å². The Kier molecular flexibility index (Phi) is 5.34. The molecule has 0 spiro atoms. The number of carbonyl (C=O) groups is 1. The molecular formula is C20H22ClN5O2. The fourth-order valence-corrected chi connectivity index (χ4v) is 3.78. The van der Waals surface area contributed by atoms with Crippen LogP contribution in [0.3, 0.4) is 0 Å². The Morgan fingerprint density at radius 1 is 1.29 bits per heavy atom. The monoisotopic (exact) mass is 399 g/mol. The van der Waals surface area contributed by atoms with E-state index in [2.05, 4.69) is 20.4 Å². The van der Waals surface area contributed by atoms with Crippen molar-refractivity contribution in [1.29, 1.82) is 0 Å². The molecule has 4 rings (SSSR count). The summed E-state index contributed by atoms with van der Waals surface area (Å²) in [6.45, 7) is 1.89. The van der Waals surface area contributed by atoms with Crippen LogP contribution in [0.2, 0.25) is 5.02 Å². The molecular weight excluding hydrogens is 378 g/mol. The van der Waals surface area contributed by atoms with Gasteiger partial charge in [0.25, 0.3) is 0 Å². The number of pyridine rings is 1. The van der Waals surface area contributed by atoms with Gasteiger partial charge in [-0.05, 0) is 31.0 Å². The molecule has 1 atom stereocenters. The number of anilines is 1. The topological polar surface area (TPSA) is 71.8 Å². The van der Waals surface area contributed by atoms with E-state index in [9.17, 15) is 4.79 Å². The minimum Gasteiger partial charge on any atom is -0.496 e. The highest BCUT2D eigenvalue weighted by atomic mass is 35.5. The average Bonchev–Trinajstić information content (AvgIpc) is 3.15. The van der Waals surface area contributed by atoms with Gasteiger partial charge >= 0.3 is 0 Å². The Morgan fingerprint density at radius 2 is 2.14 bits per heavy atom. The summed E-state index contributed by atoms with van der Waals surface area (Å²) < 4.78 is 7.22. The van der Waals surface area contributed by atoms with Gasteiger partial charge in [0.05, 0.1) is 18.1 Å². The molecule has 1 fully saturated rings. The molecule has 0 bridgehead atoms. The van der Waals surface area contributed by atoms with Gasteiger partial charge in [-0.3, -0.25) is 9.20 Å². The number of benzene rings is 1. The lowest BCUT2D eigenvalue weighted by Crippen LogP contribution is -2.43. The number of hydrogen-bond acceptors (Lipinski definition) is 5. The van der Waals surface area contributed by atoms with E-state index in [1.54, 1.807) is 19.4 Å². The number of nitrogens with one attached hydrogen (secondary N) is 1. The number of piperidine rings is 1. The summed E-state index contributed by atoms with van der Waals surface area (Å²) in [6, 6.07) is 11.3. The maximum Gasteiger partial charge on any atom is 0.231 e. The van der Waals surface area contributed by atoms with Gasteiger partial charge in [-0.15, -0.1) is 10.2 Å². The van der Waals surface area contributed by atoms with E-state index >= 15 is 0 Å². The van der Waals surface area contributed by atoms with E-state index in [1.807, 2.05) is 34.7 Å². The van der Waals surface area contributed by atoms with Crippen molar-refractivity contribution in [3.8, 4) is 5.75 Å². The second kappa shape index (κ2) is 8.06. The summed E-state index contributed by atoms with van der Waals surface area (Å²) in [5.41, 5.74) is 1.70. The van der Waals surface area contributed by atoms with Crippen molar-refractivity contribution < 1.29 is 9.53 Å². The normalized spacial score (nSPS) is 16.9. The molecule has 1 amide bonds. The van der Waals surface area contributed by atoms with E-state index in [0.717, 1.165) is 42.3 Å². The first-order valence-corrected chi connectivity index (χ1v) is 9.68. The Labute approximate surface area is 168 Å². The predicted molar refractivity (Wildman–Crippen MR) is 108 cm³/mol. The first-order chi connectivity index (χ1) is 13.7. The van der Waals surface area contributed by atoms with Crippen molar-refractivity contribution >= 4 is 29.1 Å². The van der Waals surface area contributed by atoms with E-state index in [1.165, 1.54) is 0 Å². The van der Waals surface area contributed by atoms with E-state index in [4.69, 9.17) is 16.3 Å². The van der Waals surface area contributed by atoms with Crippen LogP contribution in [0.5, 0.6) is 5.75 Å². The molecule has 0 saturated carbocycles. The molecule has 1 aromatic carbocycles. The summed E-state index contributed by atoms with van der Waals surface area (Å²) in [6.07, 6.45) is 3.57. The zero-order chi connectivity index (χ0) is 19.5. The van der Waals surface area contributed by atoms with Gasteiger partial charge in [-0.2, -0.15) is 0 Å². The van der Waals surface area contributed by atoms with Crippen LogP contribution < -0.4 is 15.0 Å². The number of ether oxygens (including phenoxy) is 1. The fourth-order valence-electron chi connectivity index (χ4n) is 3.62. The van der Waals surface area contributed by atoms with Crippen LogP contribution in [0.4, 0.5) is 5.95 Å². The smallest absolute Gasteiger partial charge is 0.231 e. The van der Waals surface area contributed by atoms with Crippen LogP contribution >= 0.6 is 11.6 Å². The lowest BCUT2D eigenvalue weighted by atomic mass is 9.97. The van der Waals surface area contributed by atoms with E-state index in [-0.39, 0.29) is 11.8 Å². The molecule has 1 N–H and O–H groups in total. The Bertz CT molecular complexity index is 990. The van der Waals surface area contributed by atoms with Crippen LogP contribution in [-0.4, -0.2) is 40.7 Å². The van der Waals surface area contributed by atoms with Gasteiger partial charge in [-0.1, -0.05) is 29.8 Å². The van der Waals surface area contributed by atoms with Gasteiger partial charge < -0.3 is 15.0 Å². The van der Waals surface area contributed by atoms with Gasteiger partial charge in [0.15, 0.2) is 5.65 Å². The maximum absolute atomic E-state index is 12.8. The van der Waals surface area contributed by atoms with Crippen LogP contribution in [0.1, 0.15) is 18.4 Å². The number of fused-ring (bicyclic) bond motifs is 1. The third-order valence-corrected chi connectivity index (χ3v) is 5.29. The SMILES string of the molecule is COc1ccccc1CNC(=O)[C@H]1CCCN(c2nnc3ccc(Cl)cn23)C1. The zero-order valence-corrected chi connectivity index (χ0v) is 16.4. The Balaban J connectivity index is 1.44. The number of carbonyl (C=O) groups excluding carboxylic acids is 1. The van der Waals surface area contributed by atoms with E-state index < -0.39 is 0 Å². The van der Waals surface area contributed by atoms with Crippen LogP contribution in [-0.2, 0) is 11.3 Å². The number of para-hydroxylation sites is 1. The number of hydrogen-bond donors (Lipinski definition) is 1. The fraction of sp³-hybridized carbons (Fsp3) is 0.350. The second-order valence-corrected chi connectivity index (χ2v) is 7.33. The van der Waals surface area contributed by atoms with Gasteiger partial charge in [0.2, 0.25) is 11.9 Å². The second-order valence-electron chi connectivity index (χ2n) is 6.89. The van der Waals surface area contributed by atoms with Gasteiger partial charge in [0, 0.05) is 31.4 Å². The molecule has 146 valence electrons. The minimum atomic E-state index is -0.102. The predicted octanol–water partition coefficient (Wildman–Crippen LogP) is 2.92. The summed E-state index contributed by atoms with van der Waals surface area (Å²) >= 11 is 6.12.